The Hall–Kier alpha value is -1.46. The minimum atomic E-state index is -0.852. The van der Waals surface area contributed by atoms with Crippen LogP contribution in [-0.2, 0) is 4.79 Å². The molecule has 3 N–H and O–H groups in total. The molecule has 2 atom stereocenters. The van der Waals surface area contributed by atoms with Gasteiger partial charge in [-0.1, -0.05) is 44.8 Å². The number of nitrogens with zero attached hydrogens (tertiary/aromatic N) is 2. The van der Waals surface area contributed by atoms with Gasteiger partial charge >= 0.3 is 5.97 Å². The van der Waals surface area contributed by atoms with Gasteiger partial charge in [-0.15, -0.1) is 0 Å². The molecule has 0 saturated carbocycles. The second kappa shape index (κ2) is 11.2. The van der Waals surface area contributed by atoms with Crippen LogP contribution in [0.15, 0.2) is 29.5 Å². The Morgan fingerprint density at radius 3 is 2.54 bits per heavy atom. The maximum absolute atomic E-state index is 11.2. The van der Waals surface area contributed by atoms with Crippen LogP contribution in [0.5, 0.6) is 0 Å². The zero-order valence-electron chi connectivity index (χ0n) is 15.3. The minimum absolute atomic E-state index is 0.0411. The van der Waals surface area contributed by atoms with Crippen LogP contribution in [-0.4, -0.2) is 34.1 Å². The molecule has 136 valence electrons. The molecule has 0 amide bonds. The van der Waals surface area contributed by atoms with Gasteiger partial charge in [0.1, 0.15) is 12.4 Å². The number of hydrogen-bond donors (Lipinski definition) is 2. The third kappa shape index (κ3) is 6.57. The highest BCUT2D eigenvalue weighted by Gasteiger charge is 2.40. The van der Waals surface area contributed by atoms with Crippen molar-refractivity contribution in [2.24, 2.45) is 10.7 Å². The van der Waals surface area contributed by atoms with Crippen LogP contribution < -0.4 is 5.73 Å². The van der Waals surface area contributed by atoms with Gasteiger partial charge in [0, 0.05) is 13.3 Å². The fraction of sp³-hybridized carbons (Fsp3) is 0.684. The first-order valence-corrected chi connectivity index (χ1v) is 9.27. The van der Waals surface area contributed by atoms with Crippen LogP contribution in [0.4, 0.5) is 0 Å². The number of quaternary nitrogens is 1. The van der Waals surface area contributed by atoms with E-state index < -0.39 is 5.97 Å². The number of amidine groups is 1. The molecular weight excluding hydrogens is 302 g/mol. The quantitative estimate of drug-likeness (QED) is 0.301. The van der Waals surface area contributed by atoms with Gasteiger partial charge in [0.15, 0.2) is 6.54 Å². The van der Waals surface area contributed by atoms with E-state index in [4.69, 9.17) is 5.73 Å². The van der Waals surface area contributed by atoms with Crippen molar-refractivity contribution in [3.05, 3.63) is 24.6 Å². The van der Waals surface area contributed by atoms with E-state index in [0.717, 1.165) is 31.5 Å². The summed E-state index contributed by atoms with van der Waals surface area (Å²) in [7, 11) is 0. The maximum Gasteiger partial charge on any atom is 0.360 e. The number of carboxylic acid groups (broad SMARTS) is 1. The van der Waals surface area contributed by atoms with E-state index in [9.17, 15) is 9.90 Å². The number of carbonyl (C=O) groups is 1. The molecule has 1 aliphatic rings. The van der Waals surface area contributed by atoms with Gasteiger partial charge in [0.2, 0.25) is 5.84 Å². The number of aliphatic carboxylic acids is 1. The first-order chi connectivity index (χ1) is 11.5. The van der Waals surface area contributed by atoms with Crippen molar-refractivity contribution >= 4 is 11.8 Å². The topological polar surface area (TPSA) is 75.7 Å². The van der Waals surface area contributed by atoms with Gasteiger partial charge in [-0.05, 0) is 25.7 Å². The first-order valence-electron chi connectivity index (χ1n) is 9.27. The molecule has 24 heavy (non-hydrogen) atoms. The Kier molecular flexibility index (Phi) is 9.57. The van der Waals surface area contributed by atoms with Gasteiger partial charge in [0.05, 0.1) is 6.20 Å². The number of hydrogen-bond acceptors (Lipinski definition) is 3. The Morgan fingerprint density at radius 1 is 1.25 bits per heavy atom. The first kappa shape index (κ1) is 20.6. The Bertz CT molecular complexity index is 469. The Balaban J connectivity index is 2.30. The predicted octanol–water partition coefficient (Wildman–Crippen LogP) is 4.16. The molecule has 0 aromatic rings. The number of unbranched alkanes of at least 4 members (excludes halogenated alkanes) is 6. The van der Waals surface area contributed by atoms with Crippen molar-refractivity contribution in [2.45, 2.75) is 77.8 Å². The van der Waals surface area contributed by atoms with E-state index in [2.05, 4.69) is 24.1 Å². The summed E-state index contributed by atoms with van der Waals surface area (Å²) < 4.78 is 0.149. The summed E-state index contributed by atoms with van der Waals surface area (Å²) in [5.74, 6) is 0.00915. The minimum Gasteiger partial charge on any atom is -0.477 e. The van der Waals surface area contributed by atoms with Gasteiger partial charge < -0.3 is 5.11 Å². The molecule has 1 heterocycles. The molecule has 1 rings (SSSR count). The van der Waals surface area contributed by atoms with Gasteiger partial charge in [-0.25, -0.2) is 14.3 Å². The van der Waals surface area contributed by atoms with Crippen molar-refractivity contribution in [2.75, 3.05) is 6.54 Å². The molecule has 1 aliphatic heterocycles. The standard InChI is InChI=1S/C19H33N3O2/c1-3-4-5-6-7-8-9-10-11-12-13-18-21-14-15-22(18,17(2)20)16-19(23)24/h9-10,14-15,17H,3-8,11-13,16,20H2,1-2H3/p+1/b10-9+. The van der Waals surface area contributed by atoms with E-state index in [1.807, 2.05) is 6.92 Å². The van der Waals surface area contributed by atoms with Gasteiger partial charge in [-0.2, -0.15) is 0 Å². The lowest BCUT2D eigenvalue weighted by Gasteiger charge is -2.34. The molecule has 2 unspecified atom stereocenters. The summed E-state index contributed by atoms with van der Waals surface area (Å²) in [6.45, 7) is 4.03. The van der Waals surface area contributed by atoms with Crippen molar-refractivity contribution < 1.29 is 14.4 Å². The number of aliphatic imine (C=N–C) groups is 1. The molecule has 5 nitrogen and oxygen atoms in total. The van der Waals surface area contributed by atoms with Gasteiger partial charge in [0.25, 0.3) is 0 Å². The summed E-state index contributed by atoms with van der Waals surface area (Å²) in [5, 5.41) is 9.18. The van der Waals surface area contributed by atoms with E-state index in [1.165, 1.54) is 32.1 Å². The smallest absolute Gasteiger partial charge is 0.360 e. The molecule has 0 saturated heterocycles. The van der Waals surface area contributed by atoms with Crippen molar-refractivity contribution in [3.8, 4) is 0 Å². The third-order valence-electron chi connectivity index (χ3n) is 4.57. The average molecular weight is 337 g/mol. The molecule has 0 aromatic carbocycles. The van der Waals surface area contributed by atoms with Crippen LogP contribution in [0.25, 0.3) is 0 Å². The summed E-state index contributed by atoms with van der Waals surface area (Å²) in [5.41, 5.74) is 6.05. The van der Waals surface area contributed by atoms with Crippen LogP contribution in [0.3, 0.4) is 0 Å². The number of allylic oxidation sites excluding steroid dienone is 2. The summed E-state index contributed by atoms with van der Waals surface area (Å²) in [6, 6.07) is 0. The third-order valence-corrected chi connectivity index (χ3v) is 4.57. The van der Waals surface area contributed by atoms with E-state index in [1.54, 1.807) is 12.4 Å². The lowest BCUT2D eigenvalue weighted by molar-refractivity contribution is -0.805. The molecule has 0 spiro atoms. The Labute approximate surface area is 146 Å². The van der Waals surface area contributed by atoms with E-state index in [0.29, 0.717) is 0 Å². The van der Waals surface area contributed by atoms with Gasteiger partial charge in [-0.3, -0.25) is 5.73 Å². The highest BCUT2D eigenvalue weighted by Crippen LogP contribution is 2.23. The maximum atomic E-state index is 11.2. The van der Waals surface area contributed by atoms with E-state index in [-0.39, 0.29) is 17.2 Å². The van der Waals surface area contributed by atoms with Crippen molar-refractivity contribution in [1.82, 2.24) is 0 Å². The van der Waals surface area contributed by atoms with Crippen molar-refractivity contribution in [3.63, 3.8) is 0 Å². The van der Waals surface area contributed by atoms with Crippen LogP contribution in [0.2, 0.25) is 0 Å². The summed E-state index contributed by atoms with van der Waals surface area (Å²) in [6.07, 6.45) is 18.2. The number of nitrogens with two attached hydrogens (primary N) is 1. The highest BCUT2D eigenvalue weighted by molar-refractivity contribution is 5.81. The van der Waals surface area contributed by atoms with Crippen LogP contribution in [0, 0.1) is 0 Å². The zero-order valence-corrected chi connectivity index (χ0v) is 15.3. The lowest BCUT2D eigenvalue weighted by Crippen LogP contribution is -2.59. The molecule has 0 aliphatic carbocycles. The molecule has 5 heteroatoms. The fourth-order valence-electron chi connectivity index (χ4n) is 3.07. The molecule has 0 radical (unpaired) electrons. The summed E-state index contributed by atoms with van der Waals surface area (Å²) in [4.78, 5) is 15.6. The monoisotopic (exact) mass is 336 g/mol. The molecule has 0 fully saturated rings. The normalized spacial score (nSPS) is 21.4. The second-order valence-electron chi connectivity index (χ2n) is 6.63. The average Bonchev–Trinajstić information content (AvgIpc) is 2.92. The number of carboxylic acids is 1. The number of rotatable bonds is 13. The molecule has 0 aromatic heterocycles. The zero-order chi connectivity index (χ0) is 17.8. The van der Waals surface area contributed by atoms with Crippen LogP contribution >= 0.6 is 0 Å². The molecular formula is C19H34N3O2+. The largest absolute Gasteiger partial charge is 0.477 e. The fourth-order valence-corrected chi connectivity index (χ4v) is 3.07. The SMILES string of the molecule is CCCCCCC/C=C/CCCC1=NC=C[N+]1(CC(=O)O)C(C)N. The highest BCUT2D eigenvalue weighted by atomic mass is 16.4. The second-order valence-corrected chi connectivity index (χ2v) is 6.63. The van der Waals surface area contributed by atoms with Crippen molar-refractivity contribution in [1.29, 1.82) is 0 Å². The lowest BCUT2D eigenvalue weighted by atomic mass is 10.1. The predicted molar refractivity (Wildman–Crippen MR) is 99.4 cm³/mol. The molecule has 0 bridgehead atoms. The van der Waals surface area contributed by atoms with E-state index >= 15 is 0 Å². The summed E-state index contributed by atoms with van der Waals surface area (Å²) >= 11 is 0. The van der Waals surface area contributed by atoms with Crippen LogP contribution in [0.1, 0.15) is 71.6 Å². The Morgan fingerprint density at radius 2 is 1.92 bits per heavy atom.